The van der Waals surface area contributed by atoms with Gasteiger partial charge in [-0.15, -0.1) is 11.8 Å². The van der Waals surface area contributed by atoms with Crippen LogP contribution in [0.15, 0.2) is 12.2 Å². The van der Waals surface area contributed by atoms with Crippen LogP contribution in [0.2, 0.25) is 0 Å². The van der Waals surface area contributed by atoms with Crippen LogP contribution >= 0.6 is 0 Å². The van der Waals surface area contributed by atoms with Gasteiger partial charge in [0, 0.05) is 30.6 Å². The first-order chi connectivity index (χ1) is 11.8. The molecule has 1 unspecified atom stereocenters. The van der Waals surface area contributed by atoms with E-state index in [4.69, 9.17) is 9.47 Å². The van der Waals surface area contributed by atoms with Gasteiger partial charge in [0.05, 0.1) is 13.2 Å². The summed E-state index contributed by atoms with van der Waals surface area (Å²) in [5, 5.41) is 0. The highest BCUT2D eigenvalue weighted by molar-refractivity contribution is 5.91. The van der Waals surface area contributed by atoms with Gasteiger partial charge in [-0.1, -0.05) is 26.8 Å². The molecule has 0 N–H and O–H groups in total. The summed E-state index contributed by atoms with van der Waals surface area (Å²) in [5.41, 5.74) is 0.117. The van der Waals surface area contributed by atoms with Gasteiger partial charge in [0.25, 0.3) is 0 Å². The van der Waals surface area contributed by atoms with Gasteiger partial charge in [-0.3, -0.25) is 4.79 Å². The zero-order valence-electron chi connectivity index (χ0n) is 16.1. The number of fused-ring (bicyclic) bond motifs is 1. The smallest absolute Gasteiger partial charge is 0.168 e. The lowest BCUT2D eigenvalue weighted by molar-refractivity contribution is -0.297. The van der Waals surface area contributed by atoms with Crippen molar-refractivity contribution in [2.45, 2.75) is 65.6 Å². The summed E-state index contributed by atoms with van der Waals surface area (Å²) in [4.78, 5) is 12.3. The number of rotatable bonds is 4. The van der Waals surface area contributed by atoms with E-state index < -0.39 is 0 Å². The average Bonchev–Trinajstić information content (AvgIpc) is 3.11. The van der Waals surface area contributed by atoms with Gasteiger partial charge in [-0.25, -0.2) is 0 Å². The number of carbonyl (C=O) groups excluding carboxylic acids is 1. The molecule has 2 aliphatic carbocycles. The molecule has 3 nitrogen and oxygen atoms in total. The van der Waals surface area contributed by atoms with E-state index in [0.717, 1.165) is 26.1 Å². The Bertz CT molecular complexity index is 582. The largest absolute Gasteiger partial charge is 0.349 e. The second-order valence-corrected chi connectivity index (χ2v) is 9.02. The Hall–Kier alpha value is -1.11. The Morgan fingerprint density at radius 3 is 2.64 bits per heavy atom. The van der Waals surface area contributed by atoms with Crippen molar-refractivity contribution in [3.63, 3.8) is 0 Å². The molecule has 25 heavy (non-hydrogen) atoms. The lowest BCUT2D eigenvalue weighted by Crippen LogP contribution is -2.46. The van der Waals surface area contributed by atoms with Crippen LogP contribution in [-0.4, -0.2) is 24.8 Å². The summed E-state index contributed by atoms with van der Waals surface area (Å²) in [6, 6.07) is 0. The fourth-order valence-electron chi connectivity index (χ4n) is 4.55. The second kappa shape index (κ2) is 7.25. The van der Waals surface area contributed by atoms with Crippen molar-refractivity contribution >= 4 is 5.78 Å². The van der Waals surface area contributed by atoms with Crippen LogP contribution < -0.4 is 0 Å². The van der Waals surface area contributed by atoms with Crippen LogP contribution in [0.3, 0.4) is 0 Å². The normalized spacial score (nSPS) is 33.8. The number of ketones is 1. The van der Waals surface area contributed by atoms with E-state index in [1.165, 1.54) is 12.8 Å². The van der Waals surface area contributed by atoms with Gasteiger partial charge in [-0.05, 0) is 43.6 Å². The van der Waals surface area contributed by atoms with E-state index in [0.29, 0.717) is 24.2 Å². The van der Waals surface area contributed by atoms with Crippen LogP contribution in [0.25, 0.3) is 0 Å². The van der Waals surface area contributed by atoms with E-state index >= 15 is 0 Å². The third-order valence-corrected chi connectivity index (χ3v) is 6.18. The predicted octanol–water partition coefficient (Wildman–Crippen LogP) is 4.37. The van der Waals surface area contributed by atoms with Crippen molar-refractivity contribution in [3.8, 4) is 11.8 Å². The molecule has 0 aromatic carbocycles. The molecule has 4 atom stereocenters. The third kappa shape index (κ3) is 4.18. The molecule has 138 valence electrons. The van der Waals surface area contributed by atoms with Crippen LogP contribution in [0.4, 0.5) is 0 Å². The number of hydrogen-bond donors (Lipinski definition) is 0. The summed E-state index contributed by atoms with van der Waals surface area (Å²) in [5.74, 6) is 7.45. The summed E-state index contributed by atoms with van der Waals surface area (Å²) in [7, 11) is 0. The lowest BCUT2D eigenvalue weighted by atomic mass is 9.90. The maximum atomic E-state index is 12.3. The SMILES string of the molecule is CC#CCC(C)C(=O)/C=C/[C@H]1CC[C@@H]2CC3(C[C@@H]21)OCC(C)(C)CO3. The molecular formula is C22H32O3. The molecule has 1 heterocycles. The van der Waals surface area contributed by atoms with Crippen molar-refractivity contribution in [1.29, 1.82) is 0 Å². The van der Waals surface area contributed by atoms with Gasteiger partial charge >= 0.3 is 0 Å². The molecule has 0 amide bonds. The number of hydrogen-bond acceptors (Lipinski definition) is 3. The Morgan fingerprint density at radius 2 is 1.96 bits per heavy atom. The van der Waals surface area contributed by atoms with Crippen molar-refractivity contribution < 1.29 is 14.3 Å². The van der Waals surface area contributed by atoms with Gasteiger partial charge in [0.1, 0.15) is 0 Å². The number of allylic oxidation sites excluding steroid dienone is 2. The highest BCUT2D eigenvalue weighted by Gasteiger charge is 2.54. The maximum Gasteiger partial charge on any atom is 0.168 e. The zero-order valence-corrected chi connectivity index (χ0v) is 16.1. The van der Waals surface area contributed by atoms with Crippen molar-refractivity contribution in [1.82, 2.24) is 0 Å². The van der Waals surface area contributed by atoms with Crippen LogP contribution in [0, 0.1) is 40.9 Å². The summed E-state index contributed by atoms with van der Waals surface area (Å²) < 4.78 is 12.4. The first-order valence-corrected chi connectivity index (χ1v) is 9.74. The fourth-order valence-corrected chi connectivity index (χ4v) is 4.55. The third-order valence-electron chi connectivity index (χ3n) is 6.18. The summed E-state index contributed by atoms with van der Waals surface area (Å²) >= 11 is 0. The molecule has 3 heteroatoms. The Labute approximate surface area is 152 Å². The minimum Gasteiger partial charge on any atom is -0.349 e. The molecule has 0 aromatic rings. The topological polar surface area (TPSA) is 35.5 Å². The Morgan fingerprint density at radius 1 is 1.24 bits per heavy atom. The summed E-state index contributed by atoms with van der Waals surface area (Å²) in [6.45, 7) is 9.72. The molecule has 3 rings (SSSR count). The minimum atomic E-state index is -0.356. The molecule has 2 saturated carbocycles. The highest BCUT2D eigenvalue weighted by atomic mass is 16.7. The van der Waals surface area contributed by atoms with E-state index in [9.17, 15) is 4.79 Å². The van der Waals surface area contributed by atoms with Crippen LogP contribution in [0.1, 0.15) is 59.8 Å². The van der Waals surface area contributed by atoms with E-state index in [2.05, 4.69) is 31.8 Å². The first-order valence-electron chi connectivity index (χ1n) is 9.74. The average molecular weight is 344 g/mol. The molecule has 1 aliphatic heterocycles. The van der Waals surface area contributed by atoms with Gasteiger partial charge in [-0.2, -0.15) is 0 Å². The Balaban J connectivity index is 1.58. The zero-order chi connectivity index (χ0) is 18.1. The monoisotopic (exact) mass is 344 g/mol. The molecule has 3 aliphatic rings. The van der Waals surface area contributed by atoms with Gasteiger partial charge in [0.15, 0.2) is 11.6 Å². The lowest BCUT2D eigenvalue weighted by Gasteiger charge is -2.42. The highest BCUT2D eigenvalue weighted by Crippen LogP contribution is 2.55. The molecular weight excluding hydrogens is 312 g/mol. The number of ether oxygens (including phenoxy) is 2. The Kier molecular flexibility index (Phi) is 5.42. The van der Waals surface area contributed by atoms with E-state index in [-0.39, 0.29) is 22.9 Å². The standard InChI is InChI=1S/C22H32O3/c1-5-6-7-16(2)20(23)11-10-17-8-9-18-12-22(13-19(17)18)24-14-21(3,4)15-25-22/h10-11,16-19H,7-9,12-15H2,1-4H3/b11-10+/t16?,17-,18-,19-/m1/s1. The van der Waals surface area contributed by atoms with Crippen molar-refractivity contribution in [2.75, 3.05) is 13.2 Å². The van der Waals surface area contributed by atoms with Crippen LogP contribution in [-0.2, 0) is 14.3 Å². The molecule has 1 spiro atoms. The van der Waals surface area contributed by atoms with Crippen molar-refractivity contribution in [2.24, 2.45) is 29.1 Å². The molecule has 3 fully saturated rings. The fraction of sp³-hybridized carbons (Fsp3) is 0.773. The summed E-state index contributed by atoms with van der Waals surface area (Å²) in [6.07, 6.45) is 9.03. The number of carbonyl (C=O) groups is 1. The van der Waals surface area contributed by atoms with E-state index in [1.54, 1.807) is 0 Å². The maximum absolute atomic E-state index is 12.3. The quantitative estimate of drug-likeness (QED) is 0.561. The predicted molar refractivity (Wildman–Crippen MR) is 98.7 cm³/mol. The van der Waals surface area contributed by atoms with Gasteiger partial charge in [0.2, 0.25) is 0 Å². The molecule has 0 radical (unpaired) electrons. The molecule has 1 saturated heterocycles. The molecule has 0 aromatic heterocycles. The van der Waals surface area contributed by atoms with E-state index in [1.807, 2.05) is 19.9 Å². The van der Waals surface area contributed by atoms with Crippen LogP contribution in [0.5, 0.6) is 0 Å². The minimum absolute atomic E-state index is 0.0111. The first kappa shape index (κ1) is 18.7. The van der Waals surface area contributed by atoms with Gasteiger partial charge < -0.3 is 9.47 Å². The second-order valence-electron chi connectivity index (χ2n) is 9.02. The molecule has 0 bridgehead atoms. The van der Waals surface area contributed by atoms with Crippen molar-refractivity contribution in [3.05, 3.63) is 12.2 Å².